The molecule has 0 aliphatic rings. The second kappa shape index (κ2) is 6.47. The van der Waals surface area contributed by atoms with E-state index in [1.165, 1.54) is 16.8 Å². The van der Waals surface area contributed by atoms with Gasteiger partial charge in [-0.25, -0.2) is 0 Å². The van der Waals surface area contributed by atoms with Crippen molar-refractivity contribution in [1.82, 2.24) is 30.1 Å². The zero-order valence-electron chi connectivity index (χ0n) is 11.9. The van der Waals surface area contributed by atoms with Gasteiger partial charge >= 0.3 is 0 Å². The van der Waals surface area contributed by atoms with Crippen LogP contribution < -0.4 is 5.32 Å². The molecule has 6 heteroatoms. The van der Waals surface area contributed by atoms with E-state index in [0.717, 1.165) is 18.8 Å². The molecule has 0 amide bonds. The summed E-state index contributed by atoms with van der Waals surface area (Å²) in [6.45, 7) is 6.01. The van der Waals surface area contributed by atoms with Gasteiger partial charge in [0.05, 0.1) is 13.6 Å². The van der Waals surface area contributed by atoms with E-state index in [-0.39, 0.29) is 0 Å². The predicted molar refractivity (Wildman–Crippen MR) is 73.7 cm³/mol. The van der Waals surface area contributed by atoms with Crippen molar-refractivity contribution < 1.29 is 0 Å². The molecule has 6 nitrogen and oxygen atoms in total. The van der Waals surface area contributed by atoms with E-state index in [1.54, 1.807) is 7.05 Å². The fourth-order valence-corrected chi connectivity index (χ4v) is 2.24. The number of hydrogen-bond donors (Lipinski definition) is 1. The van der Waals surface area contributed by atoms with Gasteiger partial charge in [0.1, 0.15) is 0 Å². The van der Waals surface area contributed by atoms with Gasteiger partial charge in [-0.2, -0.15) is 4.80 Å². The Bertz CT molecular complexity index is 495. The van der Waals surface area contributed by atoms with Crippen molar-refractivity contribution >= 4 is 0 Å². The first-order valence-electron chi connectivity index (χ1n) is 6.84. The molecule has 0 aromatic carbocycles. The third kappa shape index (κ3) is 3.64. The minimum Gasteiger partial charge on any atom is -0.346 e. The van der Waals surface area contributed by atoms with Crippen molar-refractivity contribution in [2.45, 2.75) is 39.3 Å². The Kier molecular flexibility index (Phi) is 4.68. The van der Waals surface area contributed by atoms with Gasteiger partial charge in [-0.05, 0) is 29.8 Å². The Morgan fingerprint density at radius 1 is 1.37 bits per heavy atom. The number of aryl methyl sites for hydroxylation is 1. The van der Waals surface area contributed by atoms with Crippen LogP contribution in [0.1, 0.15) is 44.1 Å². The van der Waals surface area contributed by atoms with E-state index in [0.29, 0.717) is 12.6 Å². The van der Waals surface area contributed by atoms with Gasteiger partial charge in [0.25, 0.3) is 0 Å². The Morgan fingerprint density at radius 3 is 2.84 bits per heavy atom. The molecule has 0 bridgehead atoms. The smallest absolute Gasteiger partial charge is 0.194 e. The van der Waals surface area contributed by atoms with Crippen LogP contribution in [-0.4, -0.2) is 31.3 Å². The summed E-state index contributed by atoms with van der Waals surface area (Å²) in [7, 11) is 1.78. The summed E-state index contributed by atoms with van der Waals surface area (Å²) in [6.07, 6.45) is 6.57. The lowest BCUT2D eigenvalue weighted by Crippen LogP contribution is -2.20. The molecular weight excluding hydrogens is 240 g/mol. The quantitative estimate of drug-likeness (QED) is 0.821. The lowest BCUT2D eigenvalue weighted by Gasteiger charge is -2.15. The van der Waals surface area contributed by atoms with Crippen molar-refractivity contribution in [3.8, 4) is 0 Å². The molecule has 0 aliphatic heterocycles. The van der Waals surface area contributed by atoms with Gasteiger partial charge in [-0.3, -0.25) is 0 Å². The monoisotopic (exact) mass is 262 g/mol. The molecule has 1 atom stereocenters. The van der Waals surface area contributed by atoms with Gasteiger partial charge in [-0.15, -0.1) is 10.2 Å². The highest BCUT2D eigenvalue weighted by atomic mass is 15.6. The van der Waals surface area contributed by atoms with Gasteiger partial charge in [0, 0.05) is 18.4 Å². The molecule has 0 saturated carbocycles. The Balaban J connectivity index is 2.04. The van der Waals surface area contributed by atoms with Crippen LogP contribution in [-0.2, 0) is 13.6 Å². The summed E-state index contributed by atoms with van der Waals surface area (Å²) < 4.78 is 2.10. The molecule has 0 aliphatic carbocycles. The summed E-state index contributed by atoms with van der Waals surface area (Å²) >= 11 is 0. The minimum atomic E-state index is 0.436. The Morgan fingerprint density at radius 2 is 2.21 bits per heavy atom. The summed E-state index contributed by atoms with van der Waals surface area (Å²) in [5.74, 6) is 0.736. The van der Waals surface area contributed by atoms with Gasteiger partial charge < -0.3 is 9.88 Å². The maximum absolute atomic E-state index is 4.19. The highest BCUT2D eigenvalue weighted by Gasteiger charge is 2.11. The molecule has 2 aromatic heterocycles. The van der Waals surface area contributed by atoms with Crippen LogP contribution >= 0.6 is 0 Å². The standard InChI is InChI=1S/C13H22N6/c1-4-6-12(14-5-2)11-7-8-19(9-11)10-13-15-17-18(3)16-13/h7-9,12,14H,4-6,10H2,1-3H3. The maximum atomic E-state index is 4.19. The summed E-state index contributed by atoms with van der Waals surface area (Å²) in [4.78, 5) is 1.48. The zero-order chi connectivity index (χ0) is 13.7. The van der Waals surface area contributed by atoms with Crippen molar-refractivity contribution in [1.29, 1.82) is 0 Å². The maximum Gasteiger partial charge on any atom is 0.194 e. The van der Waals surface area contributed by atoms with Crippen molar-refractivity contribution in [3.63, 3.8) is 0 Å². The van der Waals surface area contributed by atoms with Crippen molar-refractivity contribution in [3.05, 3.63) is 29.8 Å². The molecular formula is C13H22N6. The second-order valence-corrected chi connectivity index (χ2v) is 4.71. The van der Waals surface area contributed by atoms with Gasteiger partial charge in [-0.1, -0.05) is 20.3 Å². The topological polar surface area (TPSA) is 60.6 Å². The average molecular weight is 262 g/mol. The Hall–Kier alpha value is -1.69. The first kappa shape index (κ1) is 13.7. The second-order valence-electron chi connectivity index (χ2n) is 4.71. The molecule has 2 aromatic rings. The summed E-state index contributed by atoms with van der Waals surface area (Å²) in [5.41, 5.74) is 1.33. The van der Waals surface area contributed by atoms with E-state index in [2.05, 4.69) is 57.6 Å². The first-order chi connectivity index (χ1) is 9.22. The molecule has 1 unspecified atom stereocenters. The average Bonchev–Trinajstić information content (AvgIpc) is 2.99. The largest absolute Gasteiger partial charge is 0.346 e. The third-order valence-corrected chi connectivity index (χ3v) is 3.08. The van der Waals surface area contributed by atoms with Crippen LogP contribution in [0, 0.1) is 0 Å². The van der Waals surface area contributed by atoms with Crippen LogP contribution in [0.2, 0.25) is 0 Å². The van der Waals surface area contributed by atoms with Crippen LogP contribution in [0.25, 0.3) is 0 Å². The van der Waals surface area contributed by atoms with E-state index < -0.39 is 0 Å². The molecule has 1 N–H and O–H groups in total. The molecule has 2 heterocycles. The zero-order valence-corrected chi connectivity index (χ0v) is 11.9. The van der Waals surface area contributed by atoms with E-state index in [9.17, 15) is 0 Å². The minimum absolute atomic E-state index is 0.436. The van der Waals surface area contributed by atoms with Gasteiger partial charge in [0.15, 0.2) is 5.82 Å². The normalized spacial score (nSPS) is 12.8. The summed E-state index contributed by atoms with van der Waals surface area (Å²) in [6, 6.07) is 2.60. The van der Waals surface area contributed by atoms with Crippen LogP contribution in [0.5, 0.6) is 0 Å². The number of tetrazole rings is 1. The molecule has 0 saturated heterocycles. The number of nitrogens with zero attached hydrogens (tertiary/aromatic N) is 5. The lowest BCUT2D eigenvalue weighted by molar-refractivity contribution is 0.508. The highest BCUT2D eigenvalue weighted by molar-refractivity contribution is 5.16. The van der Waals surface area contributed by atoms with E-state index in [4.69, 9.17) is 0 Å². The predicted octanol–water partition coefficient (Wildman–Crippen LogP) is 1.51. The molecule has 104 valence electrons. The van der Waals surface area contributed by atoms with Gasteiger partial charge in [0.2, 0.25) is 0 Å². The molecule has 2 rings (SSSR count). The summed E-state index contributed by atoms with van der Waals surface area (Å²) in [5, 5.41) is 15.6. The Labute approximate surface area is 113 Å². The molecule has 19 heavy (non-hydrogen) atoms. The van der Waals surface area contributed by atoms with Crippen molar-refractivity contribution in [2.75, 3.05) is 6.54 Å². The molecule has 0 radical (unpaired) electrons. The lowest BCUT2D eigenvalue weighted by atomic mass is 10.1. The fourth-order valence-electron chi connectivity index (χ4n) is 2.24. The van der Waals surface area contributed by atoms with Crippen LogP contribution in [0.3, 0.4) is 0 Å². The number of nitrogens with one attached hydrogen (secondary N) is 1. The first-order valence-corrected chi connectivity index (χ1v) is 6.84. The highest BCUT2D eigenvalue weighted by Crippen LogP contribution is 2.18. The molecule has 0 fully saturated rings. The fraction of sp³-hybridized carbons (Fsp3) is 0.615. The number of hydrogen-bond acceptors (Lipinski definition) is 4. The van der Waals surface area contributed by atoms with E-state index in [1.807, 2.05) is 0 Å². The third-order valence-electron chi connectivity index (χ3n) is 3.08. The van der Waals surface area contributed by atoms with E-state index >= 15 is 0 Å². The molecule has 0 spiro atoms. The number of aromatic nitrogens is 5. The van der Waals surface area contributed by atoms with Crippen LogP contribution in [0.4, 0.5) is 0 Å². The SMILES string of the molecule is CCCC(NCC)c1ccn(Cc2nnn(C)n2)c1. The van der Waals surface area contributed by atoms with Crippen LogP contribution in [0.15, 0.2) is 18.5 Å². The van der Waals surface area contributed by atoms with Crippen molar-refractivity contribution in [2.24, 2.45) is 7.05 Å². The number of rotatable bonds is 7.